The summed E-state index contributed by atoms with van der Waals surface area (Å²) in [5.74, 6) is 1.03. The lowest BCUT2D eigenvalue weighted by molar-refractivity contribution is 0.402. The third-order valence-corrected chi connectivity index (χ3v) is 2.25. The van der Waals surface area contributed by atoms with Crippen LogP contribution in [0.4, 0.5) is 5.69 Å². The van der Waals surface area contributed by atoms with Gasteiger partial charge in [0.05, 0.1) is 11.0 Å². The number of nitrogens with one attached hydrogen (secondary N) is 1. The van der Waals surface area contributed by atoms with Crippen molar-refractivity contribution in [1.82, 2.24) is 9.97 Å². The van der Waals surface area contributed by atoms with E-state index in [2.05, 4.69) is 30.7 Å². The van der Waals surface area contributed by atoms with Crippen molar-refractivity contribution in [3.63, 3.8) is 0 Å². The molecule has 15 heavy (non-hydrogen) atoms. The third kappa shape index (κ3) is 2.29. The van der Waals surface area contributed by atoms with Gasteiger partial charge in [-0.15, -0.1) is 0 Å². The molecule has 1 aromatic carbocycles. The second-order valence-corrected chi connectivity index (χ2v) is 5.20. The lowest BCUT2D eigenvalue weighted by Crippen LogP contribution is -2.10. The molecule has 0 atom stereocenters. The van der Waals surface area contributed by atoms with Gasteiger partial charge in [0.2, 0.25) is 0 Å². The second kappa shape index (κ2) is 3.26. The molecule has 0 aliphatic rings. The molecule has 3 nitrogen and oxygen atoms in total. The molecule has 0 fully saturated rings. The van der Waals surface area contributed by atoms with E-state index in [0.29, 0.717) is 0 Å². The van der Waals surface area contributed by atoms with E-state index in [9.17, 15) is 0 Å². The van der Waals surface area contributed by atoms with Crippen LogP contribution in [-0.2, 0) is 6.42 Å². The molecule has 0 spiro atoms. The Morgan fingerprint density at radius 1 is 1.33 bits per heavy atom. The topological polar surface area (TPSA) is 54.7 Å². The molecule has 3 heteroatoms. The Morgan fingerprint density at radius 2 is 2.07 bits per heavy atom. The molecule has 0 bridgehead atoms. The molecular formula is C12H17N3. The first kappa shape index (κ1) is 10.0. The fourth-order valence-corrected chi connectivity index (χ4v) is 1.67. The van der Waals surface area contributed by atoms with Gasteiger partial charge in [0, 0.05) is 12.1 Å². The fraction of sp³-hybridized carbons (Fsp3) is 0.417. The predicted molar refractivity (Wildman–Crippen MR) is 63.7 cm³/mol. The van der Waals surface area contributed by atoms with Gasteiger partial charge in [-0.3, -0.25) is 0 Å². The highest BCUT2D eigenvalue weighted by Crippen LogP contribution is 2.21. The minimum Gasteiger partial charge on any atom is -0.399 e. The summed E-state index contributed by atoms with van der Waals surface area (Å²) in [5, 5.41) is 0. The van der Waals surface area contributed by atoms with Gasteiger partial charge in [-0.2, -0.15) is 0 Å². The SMILES string of the molecule is CC(C)(C)Cc1nc2ccc(N)cc2[nH]1. The molecule has 0 saturated carbocycles. The molecule has 0 unspecified atom stereocenters. The molecular weight excluding hydrogens is 186 g/mol. The number of aromatic amines is 1. The summed E-state index contributed by atoms with van der Waals surface area (Å²) >= 11 is 0. The van der Waals surface area contributed by atoms with Crippen molar-refractivity contribution in [1.29, 1.82) is 0 Å². The molecule has 3 N–H and O–H groups in total. The number of rotatable bonds is 1. The number of anilines is 1. The summed E-state index contributed by atoms with van der Waals surface area (Å²) in [6, 6.07) is 5.76. The van der Waals surface area contributed by atoms with Gasteiger partial charge in [0.25, 0.3) is 0 Å². The predicted octanol–water partition coefficient (Wildman–Crippen LogP) is 2.73. The van der Waals surface area contributed by atoms with E-state index in [1.54, 1.807) is 0 Å². The van der Waals surface area contributed by atoms with E-state index in [0.717, 1.165) is 29.0 Å². The third-order valence-electron chi connectivity index (χ3n) is 2.25. The van der Waals surface area contributed by atoms with Gasteiger partial charge in [0.1, 0.15) is 5.82 Å². The molecule has 0 radical (unpaired) electrons. The van der Waals surface area contributed by atoms with Crippen molar-refractivity contribution in [2.75, 3.05) is 5.73 Å². The molecule has 0 aliphatic carbocycles. The Hall–Kier alpha value is -1.51. The molecule has 0 saturated heterocycles. The Kier molecular flexibility index (Phi) is 2.18. The fourth-order valence-electron chi connectivity index (χ4n) is 1.67. The summed E-state index contributed by atoms with van der Waals surface area (Å²) in [4.78, 5) is 7.83. The van der Waals surface area contributed by atoms with Crippen LogP contribution in [0, 0.1) is 5.41 Å². The highest BCUT2D eigenvalue weighted by Gasteiger charge is 2.14. The van der Waals surface area contributed by atoms with Crippen LogP contribution in [0.3, 0.4) is 0 Å². The average Bonchev–Trinajstić information content (AvgIpc) is 2.42. The van der Waals surface area contributed by atoms with Gasteiger partial charge in [-0.25, -0.2) is 4.98 Å². The number of nitrogens with two attached hydrogens (primary N) is 1. The molecule has 1 heterocycles. The maximum atomic E-state index is 5.71. The van der Waals surface area contributed by atoms with Crippen LogP contribution in [0.2, 0.25) is 0 Å². The Bertz CT molecular complexity index is 477. The van der Waals surface area contributed by atoms with E-state index < -0.39 is 0 Å². The Balaban J connectivity index is 2.39. The summed E-state index contributed by atoms with van der Waals surface area (Å²) in [6.07, 6.45) is 0.946. The van der Waals surface area contributed by atoms with Crippen molar-refractivity contribution < 1.29 is 0 Å². The van der Waals surface area contributed by atoms with Crippen LogP contribution in [-0.4, -0.2) is 9.97 Å². The number of benzene rings is 1. The van der Waals surface area contributed by atoms with Crippen molar-refractivity contribution in [3.8, 4) is 0 Å². The highest BCUT2D eigenvalue weighted by atomic mass is 14.9. The summed E-state index contributed by atoms with van der Waals surface area (Å²) in [7, 11) is 0. The van der Waals surface area contributed by atoms with Gasteiger partial charge in [0.15, 0.2) is 0 Å². The van der Waals surface area contributed by atoms with Crippen molar-refractivity contribution in [2.45, 2.75) is 27.2 Å². The number of nitrogen functional groups attached to an aromatic ring is 1. The van der Waals surface area contributed by atoms with Crippen LogP contribution < -0.4 is 5.73 Å². The average molecular weight is 203 g/mol. The van der Waals surface area contributed by atoms with E-state index >= 15 is 0 Å². The van der Waals surface area contributed by atoms with Gasteiger partial charge < -0.3 is 10.7 Å². The van der Waals surface area contributed by atoms with Crippen molar-refractivity contribution >= 4 is 16.7 Å². The van der Waals surface area contributed by atoms with E-state index in [1.807, 2.05) is 18.2 Å². The molecule has 0 aliphatic heterocycles. The summed E-state index contributed by atoms with van der Waals surface area (Å²) in [6.45, 7) is 6.61. The summed E-state index contributed by atoms with van der Waals surface area (Å²) in [5.41, 5.74) is 8.75. The maximum absolute atomic E-state index is 5.71. The quantitative estimate of drug-likeness (QED) is 0.700. The minimum atomic E-state index is 0.249. The number of hydrogen-bond donors (Lipinski definition) is 2. The van der Waals surface area contributed by atoms with Crippen LogP contribution in [0.25, 0.3) is 11.0 Å². The molecule has 80 valence electrons. The normalized spacial score (nSPS) is 12.2. The zero-order valence-corrected chi connectivity index (χ0v) is 9.46. The molecule has 2 aromatic rings. The number of hydrogen-bond acceptors (Lipinski definition) is 2. The van der Waals surface area contributed by atoms with Crippen LogP contribution in [0.15, 0.2) is 18.2 Å². The first-order chi connectivity index (χ1) is 6.94. The standard InChI is InChI=1S/C12H17N3/c1-12(2,3)7-11-14-9-5-4-8(13)6-10(9)15-11/h4-6H,7,13H2,1-3H3,(H,14,15). The molecule has 1 aromatic heterocycles. The number of H-pyrrole nitrogens is 1. The number of aromatic nitrogens is 2. The Labute approximate surface area is 89.7 Å². The van der Waals surface area contributed by atoms with Crippen LogP contribution >= 0.6 is 0 Å². The number of nitrogens with zero attached hydrogens (tertiary/aromatic N) is 1. The number of imidazole rings is 1. The van der Waals surface area contributed by atoms with Crippen LogP contribution in [0.5, 0.6) is 0 Å². The number of fused-ring (bicyclic) bond motifs is 1. The lowest BCUT2D eigenvalue weighted by Gasteiger charge is -2.15. The monoisotopic (exact) mass is 203 g/mol. The smallest absolute Gasteiger partial charge is 0.107 e. The minimum absolute atomic E-state index is 0.249. The van der Waals surface area contributed by atoms with E-state index in [4.69, 9.17) is 5.73 Å². The van der Waals surface area contributed by atoms with Gasteiger partial charge in [-0.05, 0) is 23.6 Å². The first-order valence-electron chi connectivity index (χ1n) is 5.18. The van der Waals surface area contributed by atoms with Gasteiger partial charge in [-0.1, -0.05) is 20.8 Å². The second-order valence-electron chi connectivity index (χ2n) is 5.20. The lowest BCUT2D eigenvalue weighted by atomic mass is 9.92. The van der Waals surface area contributed by atoms with E-state index in [-0.39, 0.29) is 5.41 Å². The maximum Gasteiger partial charge on any atom is 0.107 e. The molecule has 2 rings (SSSR count). The zero-order chi connectivity index (χ0) is 11.1. The van der Waals surface area contributed by atoms with Gasteiger partial charge >= 0.3 is 0 Å². The van der Waals surface area contributed by atoms with Crippen molar-refractivity contribution in [2.24, 2.45) is 5.41 Å². The summed E-state index contributed by atoms with van der Waals surface area (Å²) < 4.78 is 0. The van der Waals surface area contributed by atoms with Crippen LogP contribution in [0.1, 0.15) is 26.6 Å². The first-order valence-corrected chi connectivity index (χ1v) is 5.18. The van der Waals surface area contributed by atoms with E-state index in [1.165, 1.54) is 0 Å². The largest absolute Gasteiger partial charge is 0.399 e. The zero-order valence-electron chi connectivity index (χ0n) is 9.46. The highest BCUT2D eigenvalue weighted by molar-refractivity contribution is 5.78. The van der Waals surface area contributed by atoms with Crippen molar-refractivity contribution in [3.05, 3.63) is 24.0 Å². The molecule has 0 amide bonds. The Morgan fingerprint density at radius 3 is 2.73 bits per heavy atom.